The van der Waals surface area contributed by atoms with Crippen LogP contribution in [0.25, 0.3) is 0 Å². The smallest absolute Gasteiger partial charge is 0.167 e. The lowest BCUT2D eigenvalue weighted by Gasteiger charge is -2.07. The van der Waals surface area contributed by atoms with E-state index in [-0.39, 0.29) is 5.78 Å². The van der Waals surface area contributed by atoms with Crippen molar-refractivity contribution >= 4 is 33.3 Å². The summed E-state index contributed by atoms with van der Waals surface area (Å²) in [6.07, 6.45) is 0.408. The Balaban J connectivity index is 2.25. The molecule has 0 aliphatic carbocycles. The highest BCUT2D eigenvalue weighted by Crippen LogP contribution is 2.24. The normalized spacial score (nSPS) is 10.5. The molecule has 0 N–H and O–H groups in total. The summed E-state index contributed by atoms with van der Waals surface area (Å²) >= 11 is 9.34. The molecule has 2 rings (SSSR count). The fourth-order valence-corrected chi connectivity index (χ4v) is 2.36. The SMILES string of the molecule is Cc1ccc(C)c(CC(=O)c2ccc(Br)c(Cl)c2)c1. The van der Waals surface area contributed by atoms with Crippen LogP contribution in [0.1, 0.15) is 27.0 Å². The van der Waals surface area contributed by atoms with Gasteiger partial charge in [0.2, 0.25) is 0 Å². The fraction of sp³-hybridized carbons (Fsp3) is 0.188. The van der Waals surface area contributed by atoms with Crippen LogP contribution in [0.15, 0.2) is 40.9 Å². The number of benzene rings is 2. The molecule has 0 atom stereocenters. The second kappa shape index (κ2) is 5.89. The Labute approximate surface area is 126 Å². The van der Waals surface area contributed by atoms with Gasteiger partial charge < -0.3 is 0 Å². The Kier molecular flexibility index (Phi) is 4.43. The molecule has 0 unspecified atom stereocenters. The average Bonchev–Trinajstić information content (AvgIpc) is 2.37. The van der Waals surface area contributed by atoms with E-state index >= 15 is 0 Å². The molecule has 0 aliphatic heterocycles. The van der Waals surface area contributed by atoms with Crippen molar-refractivity contribution in [1.29, 1.82) is 0 Å². The van der Waals surface area contributed by atoms with Crippen LogP contribution in [-0.4, -0.2) is 5.78 Å². The third-order valence-electron chi connectivity index (χ3n) is 3.10. The van der Waals surface area contributed by atoms with Crippen LogP contribution in [0.5, 0.6) is 0 Å². The molecule has 0 aromatic heterocycles. The number of halogens is 2. The number of carbonyl (C=O) groups is 1. The van der Waals surface area contributed by atoms with Crippen LogP contribution >= 0.6 is 27.5 Å². The lowest BCUT2D eigenvalue weighted by atomic mass is 9.98. The summed E-state index contributed by atoms with van der Waals surface area (Å²) in [6, 6.07) is 11.5. The standard InChI is InChI=1S/C16H14BrClO/c1-10-3-4-11(2)13(7-10)9-16(19)12-5-6-14(17)15(18)8-12/h3-8H,9H2,1-2H3. The summed E-state index contributed by atoms with van der Waals surface area (Å²) in [5.41, 5.74) is 4.03. The molecule has 0 heterocycles. The van der Waals surface area contributed by atoms with Crippen LogP contribution in [0, 0.1) is 13.8 Å². The van der Waals surface area contributed by atoms with E-state index in [9.17, 15) is 4.79 Å². The fourth-order valence-electron chi connectivity index (χ4n) is 1.94. The second-order valence-corrected chi connectivity index (χ2v) is 5.92. The Hall–Kier alpha value is -1.12. The van der Waals surface area contributed by atoms with Gasteiger partial charge in [0.1, 0.15) is 0 Å². The van der Waals surface area contributed by atoms with Crippen LogP contribution in [0.4, 0.5) is 0 Å². The molecule has 0 radical (unpaired) electrons. The zero-order valence-corrected chi connectivity index (χ0v) is 13.2. The van der Waals surface area contributed by atoms with Crippen LogP contribution in [0.2, 0.25) is 5.02 Å². The van der Waals surface area contributed by atoms with Gasteiger partial charge in [-0.2, -0.15) is 0 Å². The number of aryl methyl sites for hydroxylation is 2. The third-order valence-corrected chi connectivity index (χ3v) is 4.33. The summed E-state index contributed by atoms with van der Waals surface area (Å²) < 4.78 is 0.803. The predicted octanol–water partition coefficient (Wildman–Crippen LogP) is 5.14. The first-order valence-corrected chi connectivity index (χ1v) is 7.19. The van der Waals surface area contributed by atoms with E-state index < -0.39 is 0 Å². The van der Waals surface area contributed by atoms with Crippen molar-refractivity contribution in [3.05, 3.63) is 68.1 Å². The van der Waals surface area contributed by atoms with Crippen molar-refractivity contribution in [2.24, 2.45) is 0 Å². The molecule has 0 aliphatic rings. The topological polar surface area (TPSA) is 17.1 Å². The Morgan fingerprint density at radius 2 is 1.89 bits per heavy atom. The number of ketones is 1. The van der Waals surface area contributed by atoms with E-state index in [1.54, 1.807) is 18.2 Å². The lowest BCUT2D eigenvalue weighted by molar-refractivity contribution is 0.0993. The van der Waals surface area contributed by atoms with Crippen molar-refractivity contribution in [2.45, 2.75) is 20.3 Å². The van der Waals surface area contributed by atoms with Gasteiger partial charge in [-0.25, -0.2) is 0 Å². The summed E-state index contributed by atoms with van der Waals surface area (Å²) in [7, 11) is 0. The van der Waals surface area contributed by atoms with Gasteiger partial charge in [0.25, 0.3) is 0 Å². The molecule has 98 valence electrons. The van der Waals surface area contributed by atoms with Crippen molar-refractivity contribution in [3.8, 4) is 0 Å². The Morgan fingerprint density at radius 3 is 2.58 bits per heavy atom. The first kappa shape index (κ1) is 14.3. The Morgan fingerprint density at radius 1 is 1.16 bits per heavy atom. The van der Waals surface area contributed by atoms with Crippen molar-refractivity contribution in [3.63, 3.8) is 0 Å². The monoisotopic (exact) mass is 336 g/mol. The van der Waals surface area contributed by atoms with Gasteiger partial charge in [0, 0.05) is 16.5 Å². The van der Waals surface area contributed by atoms with E-state index in [0.29, 0.717) is 17.0 Å². The van der Waals surface area contributed by atoms with Gasteiger partial charge in [-0.05, 0) is 53.0 Å². The molecule has 0 saturated heterocycles. The van der Waals surface area contributed by atoms with E-state index in [2.05, 4.69) is 28.1 Å². The number of hydrogen-bond acceptors (Lipinski definition) is 1. The highest BCUT2D eigenvalue weighted by Gasteiger charge is 2.10. The maximum Gasteiger partial charge on any atom is 0.167 e. The number of carbonyl (C=O) groups excluding carboxylic acids is 1. The van der Waals surface area contributed by atoms with E-state index in [1.807, 2.05) is 19.9 Å². The molecule has 1 nitrogen and oxygen atoms in total. The molecular formula is C16H14BrClO. The predicted molar refractivity (Wildman–Crippen MR) is 83.1 cm³/mol. The average molecular weight is 338 g/mol. The Bertz CT molecular complexity index is 635. The minimum Gasteiger partial charge on any atom is -0.294 e. The van der Waals surface area contributed by atoms with Crippen LogP contribution < -0.4 is 0 Å². The maximum atomic E-state index is 12.3. The van der Waals surface area contributed by atoms with Gasteiger partial charge >= 0.3 is 0 Å². The van der Waals surface area contributed by atoms with Crippen LogP contribution in [0.3, 0.4) is 0 Å². The van der Waals surface area contributed by atoms with Gasteiger partial charge in [-0.15, -0.1) is 0 Å². The van der Waals surface area contributed by atoms with Crippen molar-refractivity contribution < 1.29 is 4.79 Å². The van der Waals surface area contributed by atoms with E-state index in [0.717, 1.165) is 15.6 Å². The summed E-state index contributed by atoms with van der Waals surface area (Å²) in [5, 5.41) is 0.562. The largest absolute Gasteiger partial charge is 0.294 e. The summed E-state index contributed by atoms with van der Waals surface area (Å²) in [5.74, 6) is 0.0862. The molecule has 0 amide bonds. The molecule has 2 aromatic carbocycles. The minimum atomic E-state index is 0.0862. The maximum absolute atomic E-state index is 12.3. The number of rotatable bonds is 3. The zero-order valence-electron chi connectivity index (χ0n) is 10.8. The highest BCUT2D eigenvalue weighted by molar-refractivity contribution is 9.10. The molecule has 0 saturated carbocycles. The van der Waals surface area contributed by atoms with Gasteiger partial charge in [-0.1, -0.05) is 41.4 Å². The van der Waals surface area contributed by atoms with Gasteiger partial charge in [0.15, 0.2) is 5.78 Å². The molecule has 0 spiro atoms. The zero-order chi connectivity index (χ0) is 14.0. The summed E-state index contributed by atoms with van der Waals surface area (Å²) in [4.78, 5) is 12.3. The molecule has 2 aromatic rings. The van der Waals surface area contributed by atoms with Gasteiger partial charge in [0.05, 0.1) is 5.02 Å². The highest BCUT2D eigenvalue weighted by atomic mass is 79.9. The quantitative estimate of drug-likeness (QED) is 0.708. The first-order valence-electron chi connectivity index (χ1n) is 6.02. The number of hydrogen-bond donors (Lipinski definition) is 0. The molecule has 3 heteroatoms. The second-order valence-electron chi connectivity index (χ2n) is 4.66. The molecular weight excluding hydrogens is 324 g/mol. The van der Waals surface area contributed by atoms with E-state index in [1.165, 1.54) is 5.56 Å². The van der Waals surface area contributed by atoms with E-state index in [4.69, 9.17) is 11.6 Å². The first-order chi connectivity index (χ1) is 8.97. The minimum absolute atomic E-state index is 0.0862. The number of Topliss-reactive ketones (excluding diaryl/α,β-unsaturated/α-hetero) is 1. The van der Waals surface area contributed by atoms with Crippen LogP contribution in [-0.2, 0) is 6.42 Å². The van der Waals surface area contributed by atoms with Gasteiger partial charge in [-0.3, -0.25) is 4.79 Å². The molecule has 0 bridgehead atoms. The van der Waals surface area contributed by atoms with Crippen molar-refractivity contribution in [1.82, 2.24) is 0 Å². The third kappa shape index (κ3) is 3.46. The lowest BCUT2D eigenvalue weighted by Crippen LogP contribution is -2.05. The molecule has 0 fully saturated rings. The summed E-state index contributed by atoms with van der Waals surface area (Å²) in [6.45, 7) is 4.06. The molecule has 19 heavy (non-hydrogen) atoms. The van der Waals surface area contributed by atoms with Crippen molar-refractivity contribution in [2.75, 3.05) is 0 Å².